The number of nitriles is 1. The van der Waals surface area contributed by atoms with Crippen molar-refractivity contribution in [1.82, 2.24) is 5.32 Å². The molecule has 0 amide bonds. The van der Waals surface area contributed by atoms with E-state index >= 15 is 0 Å². The van der Waals surface area contributed by atoms with Gasteiger partial charge in [0, 0.05) is 6.54 Å². The largest absolute Gasteiger partial charge is 0.295 e. The molecule has 0 radical (unpaired) electrons. The minimum atomic E-state index is -0.262. The second-order valence-electron chi connectivity index (χ2n) is 5.13. The van der Waals surface area contributed by atoms with Gasteiger partial charge in [0.2, 0.25) is 0 Å². The van der Waals surface area contributed by atoms with Crippen molar-refractivity contribution in [3.8, 4) is 6.07 Å². The van der Waals surface area contributed by atoms with Gasteiger partial charge in [0.05, 0.1) is 6.07 Å². The average Bonchev–Trinajstić information content (AvgIpc) is 2.29. The first kappa shape index (κ1) is 13.5. The van der Waals surface area contributed by atoms with E-state index in [0.717, 1.165) is 5.56 Å². The van der Waals surface area contributed by atoms with E-state index in [1.165, 1.54) is 5.56 Å². The van der Waals surface area contributed by atoms with Gasteiger partial charge in [0.1, 0.15) is 6.04 Å². The van der Waals surface area contributed by atoms with Crippen molar-refractivity contribution in [2.45, 2.75) is 32.2 Å². The number of hydrogen-bond acceptors (Lipinski definition) is 2. The van der Waals surface area contributed by atoms with Crippen molar-refractivity contribution in [3.05, 3.63) is 48.0 Å². The maximum absolute atomic E-state index is 9.09. The number of hydrogen-bond donors (Lipinski definition) is 1. The highest BCUT2D eigenvalue weighted by Crippen LogP contribution is 2.23. The smallest absolute Gasteiger partial charge is 0.121 e. The Hall–Kier alpha value is -1.59. The Labute approximate surface area is 104 Å². The minimum absolute atomic E-state index is 0.148. The average molecular weight is 228 g/mol. The summed E-state index contributed by atoms with van der Waals surface area (Å²) in [6.45, 7) is 10.8. The van der Waals surface area contributed by atoms with Gasteiger partial charge in [-0.2, -0.15) is 5.26 Å². The second-order valence-corrected chi connectivity index (χ2v) is 5.13. The molecular formula is C15H20N2. The molecular weight excluding hydrogens is 208 g/mol. The van der Waals surface area contributed by atoms with E-state index in [4.69, 9.17) is 5.26 Å². The molecule has 0 aliphatic carbocycles. The molecule has 1 rings (SSSR count). The topological polar surface area (TPSA) is 35.8 Å². The molecule has 1 aromatic carbocycles. The molecule has 1 aromatic rings. The van der Waals surface area contributed by atoms with Crippen LogP contribution in [-0.4, -0.2) is 6.54 Å². The fraction of sp³-hybridized carbons (Fsp3) is 0.400. The summed E-state index contributed by atoms with van der Waals surface area (Å²) in [7, 11) is 0. The van der Waals surface area contributed by atoms with Crippen LogP contribution in [0.4, 0.5) is 0 Å². The Kier molecular flexibility index (Phi) is 4.48. The molecule has 0 fully saturated rings. The van der Waals surface area contributed by atoms with Gasteiger partial charge in [0.15, 0.2) is 0 Å². The number of nitrogens with zero attached hydrogens (tertiary/aromatic N) is 1. The van der Waals surface area contributed by atoms with Crippen molar-refractivity contribution < 1.29 is 0 Å². The number of rotatable bonds is 4. The molecule has 1 atom stereocenters. The van der Waals surface area contributed by atoms with E-state index in [9.17, 15) is 0 Å². The monoisotopic (exact) mass is 228 g/mol. The molecule has 17 heavy (non-hydrogen) atoms. The van der Waals surface area contributed by atoms with Gasteiger partial charge >= 0.3 is 0 Å². The molecule has 0 spiro atoms. The first-order valence-corrected chi connectivity index (χ1v) is 5.83. The van der Waals surface area contributed by atoms with E-state index in [-0.39, 0.29) is 11.5 Å². The summed E-state index contributed by atoms with van der Waals surface area (Å²) in [6.07, 6.45) is 1.76. The van der Waals surface area contributed by atoms with Crippen molar-refractivity contribution >= 4 is 0 Å². The zero-order chi connectivity index (χ0) is 12.9. The van der Waals surface area contributed by atoms with Crippen LogP contribution in [0.2, 0.25) is 0 Å². The third kappa shape index (κ3) is 3.72. The lowest BCUT2D eigenvalue weighted by atomic mass is 9.86. The van der Waals surface area contributed by atoms with Crippen LogP contribution < -0.4 is 5.32 Å². The van der Waals surface area contributed by atoms with Crippen LogP contribution in [0, 0.1) is 11.3 Å². The Morgan fingerprint density at radius 2 is 1.94 bits per heavy atom. The van der Waals surface area contributed by atoms with Gasteiger partial charge in [-0.1, -0.05) is 51.1 Å². The summed E-state index contributed by atoms with van der Waals surface area (Å²) >= 11 is 0. The summed E-state index contributed by atoms with van der Waals surface area (Å²) in [5.74, 6) is 0. The quantitative estimate of drug-likeness (QED) is 0.802. The van der Waals surface area contributed by atoms with Crippen molar-refractivity contribution in [3.63, 3.8) is 0 Å². The van der Waals surface area contributed by atoms with E-state index in [1.54, 1.807) is 6.08 Å². The van der Waals surface area contributed by atoms with Gasteiger partial charge < -0.3 is 0 Å². The Morgan fingerprint density at radius 3 is 2.35 bits per heavy atom. The highest BCUT2D eigenvalue weighted by molar-refractivity contribution is 5.31. The highest BCUT2D eigenvalue weighted by atomic mass is 14.9. The first-order chi connectivity index (χ1) is 7.99. The molecule has 0 saturated heterocycles. The molecule has 0 aromatic heterocycles. The maximum Gasteiger partial charge on any atom is 0.121 e. The summed E-state index contributed by atoms with van der Waals surface area (Å²) in [5.41, 5.74) is 2.43. The number of benzene rings is 1. The molecule has 2 heteroatoms. The lowest BCUT2D eigenvalue weighted by Gasteiger charge is -2.20. The van der Waals surface area contributed by atoms with Crippen molar-refractivity contribution in [2.75, 3.05) is 6.54 Å². The fourth-order valence-corrected chi connectivity index (χ4v) is 1.61. The zero-order valence-corrected chi connectivity index (χ0v) is 10.8. The van der Waals surface area contributed by atoms with E-state index in [0.29, 0.717) is 6.54 Å². The maximum atomic E-state index is 9.09. The van der Waals surface area contributed by atoms with Gasteiger partial charge in [-0.15, -0.1) is 6.58 Å². The van der Waals surface area contributed by atoms with Crippen LogP contribution in [0.5, 0.6) is 0 Å². The van der Waals surface area contributed by atoms with Gasteiger partial charge in [-0.3, -0.25) is 5.32 Å². The van der Waals surface area contributed by atoms with Crippen molar-refractivity contribution in [1.29, 1.82) is 5.26 Å². The molecule has 1 N–H and O–H groups in total. The molecule has 2 nitrogen and oxygen atoms in total. The van der Waals surface area contributed by atoms with Gasteiger partial charge in [-0.05, 0) is 16.5 Å². The third-order valence-corrected chi connectivity index (χ3v) is 2.71. The van der Waals surface area contributed by atoms with Gasteiger partial charge in [0.25, 0.3) is 0 Å². The summed E-state index contributed by atoms with van der Waals surface area (Å²) in [5, 5.41) is 12.2. The van der Waals surface area contributed by atoms with Crippen molar-refractivity contribution in [2.24, 2.45) is 0 Å². The van der Waals surface area contributed by atoms with Crippen LogP contribution >= 0.6 is 0 Å². The number of nitrogens with one attached hydrogen (secondary N) is 1. The normalized spacial score (nSPS) is 12.8. The molecule has 0 heterocycles. The molecule has 0 aliphatic heterocycles. The Balaban J connectivity index is 2.86. The SMILES string of the molecule is C=CCNC(C#N)c1ccc(C(C)(C)C)cc1. The van der Waals surface area contributed by atoms with Gasteiger partial charge in [-0.25, -0.2) is 0 Å². The van der Waals surface area contributed by atoms with Crippen LogP contribution in [0.15, 0.2) is 36.9 Å². The minimum Gasteiger partial charge on any atom is -0.295 e. The highest BCUT2D eigenvalue weighted by Gasteiger charge is 2.14. The fourth-order valence-electron chi connectivity index (χ4n) is 1.61. The second kappa shape index (κ2) is 5.65. The summed E-state index contributed by atoms with van der Waals surface area (Å²) < 4.78 is 0. The predicted molar refractivity (Wildman–Crippen MR) is 71.7 cm³/mol. The van der Waals surface area contributed by atoms with E-state index in [1.807, 2.05) is 12.1 Å². The molecule has 0 saturated carbocycles. The third-order valence-electron chi connectivity index (χ3n) is 2.71. The zero-order valence-electron chi connectivity index (χ0n) is 10.8. The van der Waals surface area contributed by atoms with Crippen LogP contribution in [0.25, 0.3) is 0 Å². The van der Waals surface area contributed by atoms with E-state index in [2.05, 4.69) is 50.9 Å². The first-order valence-electron chi connectivity index (χ1n) is 5.83. The lowest BCUT2D eigenvalue weighted by Crippen LogP contribution is -2.20. The van der Waals surface area contributed by atoms with Crippen LogP contribution in [0.3, 0.4) is 0 Å². The summed E-state index contributed by atoms with van der Waals surface area (Å²) in [6, 6.07) is 10.2. The van der Waals surface area contributed by atoms with Crippen LogP contribution in [0.1, 0.15) is 37.9 Å². The predicted octanol–water partition coefficient (Wildman–Crippen LogP) is 3.32. The molecule has 90 valence electrons. The standard InChI is InChI=1S/C15H20N2/c1-5-10-17-14(11-16)12-6-8-13(9-7-12)15(2,3)4/h5-9,14,17H,1,10H2,2-4H3. The molecule has 0 bridgehead atoms. The molecule has 0 aliphatic rings. The molecule has 1 unspecified atom stereocenters. The Morgan fingerprint density at radius 1 is 1.35 bits per heavy atom. The van der Waals surface area contributed by atoms with Crippen LogP contribution in [-0.2, 0) is 5.41 Å². The lowest BCUT2D eigenvalue weighted by molar-refractivity contribution is 0.589. The summed E-state index contributed by atoms with van der Waals surface area (Å²) in [4.78, 5) is 0. The van der Waals surface area contributed by atoms with E-state index < -0.39 is 0 Å². The Bertz CT molecular complexity index is 404.